The van der Waals surface area contributed by atoms with Crippen molar-refractivity contribution in [2.45, 2.75) is 40.5 Å². The second-order valence-corrected chi connectivity index (χ2v) is 10.3. The maximum atomic E-state index is 13.3. The van der Waals surface area contributed by atoms with E-state index in [9.17, 15) is 19.2 Å². The Bertz CT molecular complexity index is 1240. The lowest BCUT2D eigenvalue weighted by Crippen LogP contribution is -2.21. The van der Waals surface area contributed by atoms with E-state index in [-0.39, 0.29) is 11.1 Å². The van der Waals surface area contributed by atoms with Gasteiger partial charge in [-0.25, -0.2) is 9.59 Å². The molecule has 190 valence electrons. The molecule has 0 aliphatic rings. The lowest BCUT2D eigenvalue weighted by atomic mass is 10.0. The summed E-state index contributed by atoms with van der Waals surface area (Å²) in [7, 11) is 2.58. The average molecular weight is 529 g/mol. The summed E-state index contributed by atoms with van der Waals surface area (Å²) in [5, 5.41) is 6.30. The highest BCUT2D eigenvalue weighted by Gasteiger charge is 2.27. The molecule has 0 unspecified atom stereocenters. The number of hydrogen-bond donors (Lipinski definition) is 2. The van der Waals surface area contributed by atoms with Crippen LogP contribution in [0.5, 0.6) is 0 Å². The van der Waals surface area contributed by atoms with E-state index in [4.69, 9.17) is 9.47 Å². The van der Waals surface area contributed by atoms with Gasteiger partial charge < -0.3 is 20.1 Å². The lowest BCUT2D eigenvalue weighted by Gasteiger charge is -2.11. The van der Waals surface area contributed by atoms with Gasteiger partial charge in [-0.05, 0) is 49.9 Å². The number of carbonyl (C=O) groups excluding carboxylic acids is 4. The normalized spacial score (nSPS) is 10.6. The summed E-state index contributed by atoms with van der Waals surface area (Å²) in [4.78, 5) is 53.2. The fraction of sp³-hybridized carbons (Fsp3) is 0.308. The maximum absolute atomic E-state index is 13.3. The van der Waals surface area contributed by atoms with Crippen molar-refractivity contribution in [3.8, 4) is 0 Å². The van der Waals surface area contributed by atoms with E-state index in [1.165, 1.54) is 49.0 Å². The van der Waals surface area contributed by atoms with Crippen molar-refractivity contribution in [1.29, 1.82) is 0 Å². The van der Waals surface area contributed by atoms with Crippen molar-refractivity contribution in [1.82, 2.24) is 0 Å². The molecular formula is C26H28N2O6S2. The first kappa shape index (κ1) is 27.1. The summed E-state index contributed by atoms with van der Waals surface area (Å²) < 4.78 is 9.85. The molecule has 2 N–H and O–H groups in total. The highest BCUT2D eigenvalue weighted by Crippen LogP contribution is 2.36. The number of ether oxygens (including phenoxy) is 2. The zero-order chi connectivity index (χ0) is 26.6. The molecule has 0 bridgehead atoms. The smallest absolute Gasteiger partial charge is 0.341 e. The Morgan fingerprint density at radius 3 is 1.39 bits per heavy atom. The van der Waals surface area contributed by atoms with Gasteiger partial charge in [-0.3, -0.25) is 9.59 Å². The molecule has 8 nitrogen and oxygen atoms in total. The van der Waals surface area contributed by atoms with E-state index in [1.807, 2.05) is 27.7 Å². The Labute approximate surface area is 217 Å². The molecule has 0 spiro atoms. The van der Waals surface area contributed by atoms with Crippen LogP contribution in [0.2, 0.25) is 0 Å². The summed E-state index contributed by atoms with van der Waals surface area (Å²) in [6.45, 7) is 7.59. The number of rotatable bonds is 8. The molecule has 10 heteroatoms. The van der Waals surface area contributed by atoms with Gasteiger partial charge in [0.2, 0.25) is 0 Å². The average Bonchev–Trinajstić information content (AvgIpc) is 3.36. The molecule has 1 aromatic carbocycles. The Kier molecular flexibility index (Phi) is 8.65. The zero-order valence-corrected chi connectivity index (χ0v) is 22.6. The van der Waals surface area contributed by atoms with Crippen molar-refractivity contribution in [2.75, 3.05) is 24.9 Å². The predicted molar refractivity (Wildman–Crippen MR) is 142 cm³/mol. The second-order valence-electron chi connectivity index (χ2n) is 7.83. The molecule has 3 rings (SSSR count). The fourth-order valence-corrected chi connectivity index (χ4v) is 6.30. The third-order valence-corrected chi connectivity index (χ3v) is 7.90. The number of thiophene rings is 2. The molecule has 2 heterocycles. The number of anilines is 2. The molecule has 0 radical (unpaired) electrons. The van der Waals surface area contributed by atoms with Crippen LogP contribution in [0.3, 0.4) is 0 Å². The molecule has 36 heavy (non-hydrogen) atoms. The molecule has 3 aromatic rings. The summed E-state index contributed by atoms with van der Waals surface area (Å²) in [5.74, 6) is -2.15. The second kappa shape index (κ2) is 11.5. The molecule has 0 fully saturated rings. The van der Waals surface area contributed by atoms with E-state index in [0.29, 0.717) is 34.0 Å². The quantitative estimate of drug-likeness (QED) is 0.367. The first-order valence-electron chi connectivity index (χ1n) is 11.3. The Morgan fingerprint density at radius 2 is 1.08 bits per heavy atom. The summed E-state index contributed by atoms with van der Waals surface area (Å²) in [6.07, 6.45) is 1.20. The monoisotopic (exact) mass is 528 g/mol. The van der Waals surface area contributed by atoms with Crippen LogP contribution in [0.4, 0.5) is 10.0 Å². The molecule has 0 saturated heterocycles. The molecule has 0 aliphatic carbocycles. The Morgan fingerprint density at radius 1 is 0.722 bits per heavy atom. The number of esters is 2. The van der Waals surface area contributed by atoms with E-state index < -0.39 is 23.8 Å². The standard InChI is InChI=1S/C26H28N2O6S2/c1-7-15-13(3)35-23(19(15)25(31)33-5)27-21(29)17-11-9-10-12-18(17)22(30)28-24-20(26(32)34-6)16(8-2)14(4)36-24/h9-12H,7-8H2,1-6H3,(H,27,29)(H,28,30). The Hall–Kier alpha value is -3.50. The number of aryl methyl sites for hydroxylation is 2. The van der Waals surface area contributed by atoms with E-state index in [0.717, 1.165) is 20.9 Å². The molecule has 0 saturated carbocycles. The van der Waals surface area contributed by atoms with Gasteiger partial charge in [-0.1, -0.05) is 26.0 Å². The van der Waals surface area contributed by atoms with Crippen molar-refractivity contribution in [3.05, 3.63) is 67.4 Å². The minimum absolute atomic E-state index is 0.124. The van der Waals surface area contributed by atoms with Gasteiger partial charge in [0, 0.05) is 9.75 Å². The van der Waals surface area contributed by atoms with Crippen LogP contribution in [0.15, 0.2) is 24.3 Å². The van der Waals surface area contributed by atoms with Gasteiger partial charge in [0.1, 0.15) is 10.0 Å². The lowest BCUT2D eigenvalue weighted by molar-refractivity contribution is 0.0592. The van der Waals surface area contributed by atoms with Crippen molar-refractivity contribution < 1.29 is 28.7 Å². The number of methoxy groups -OCH3 is 2. The third-order valence-electron chi connectivity index (χ3n) is 5.77. The molecule has 0 atom stereocenters. The predicted octanol–water partition coefficient (Wildman–Crippen LogP) is 5.63. The summed E-state index contributed by atoms with van der Waals surface area (Å²) >= 11 is 2.56. The maximum Gasteiger partial charge on any atom is 0.341 e. The summed E-state index contributed by atoms with van der Waals surface area (Å²) in [5.41, 5.74) is 2.51. The zero-order valence-electron chi connectivity index (χ0n) is 21.0. The molecular weight excluding hydrogens is 500 g/mol. The van der Waals surface area contributed by atoms with Gasteiger partial charge in [0.25, 0.3) is 11.8 Å². The fourth-order valence-electron chi connectivity index (χ4n) is 4.04. The first-order chi connectivity index (χ1) is 17.2. The van der Waals surface area contributed by atoms with Gasteiger partial charge in [0.15, 0.2) is 0 Å². The van der Waals surface area contributed by atoms with Crippen LogP contribution in [0.25, 0.3) is 0 Å². The molecule has 2 amide bonds. The van der Waals surface area contributed by atoms with Gasteiger partial charge in [0.05, 0.1) is 36.5 Å². The van der Waals surface area contributed by atoms with Crippen LogP contribution in [-0.4, -0.2) is 38.0 Å². The number of hydrogen-bond acceptors (Lipinski definition) is 8. The topological polar surface area (TPSA) is 111 Å². The Balaban J connectivity index is 1.96. The van der Waals surface area contributed by atoms with Gasteiger partial charge in [-0.2, -0.15) is 0 Å². The third kappa shape index (κ3) is 5.19. The largest absolute Gasteiger partial charge is 0.465 e. The van der Waals surface area contributed by atoms with E-state index in [1.54, 1.807) is 12.1 Å². The number of amides is 2. The van der Waals surface area contributed by atoms with E-state index in [2.05, 4.69) is 10.6 Å². The minimum atomic E-state index is -0.542. The first-order valence-corrected chi connectivity index (χ1v) is 12.9. The SMILES string of the molecule is CCc1c(C)sc(NC(=O)c2ccccc2C(=O)Nc2sc(C)c(CC)c2C(=O)OC)c1C(=O)OC. The highest BCUT2D eigenvalue weighted by atomic mass is 32.1. The van der Waals surface area contributed by atoms with Crippen LogP contribution in [0.1, 0.15) is 76.2 Å². The number of benzene rings is 1. The summed E-state index contributed by atoms with van der Waals surface area (Å²) in [6, 6.07) is 6.35. The number of nitrogens with one attached hydrogen (secondary N) is 2. The van der Waals surface area contributed by atoms with E-state index >= 15 is 0 Å². The van der Waals surface area contributed by atoms with Crippen LogP contribution >= 0.6 is 22.7 Å². The van der Waals surface area contributed by atoms with Crippen LogP contribution in [-0.2, 0) is 22.3 Å². The highest BCUT2D eigenvalue weighted by molar-refractivity contribution is 7.17. The molecule has 2 aromatic heterocycles. The van der Waals surface area contributed by atoms with Crippen LogP contribution < -0.4 is 10.6 Å². The molecule has 0 aliphatic heterocycles. The minimum Gasteiger partial charge on any atom is -0.465 e. The van der Waals surface area contributed by atoms with Crippen molar-refractivity contribution in [2.24, 2.45) is 0 Å². The van der Waals surface area contributed by atoms with Crippen LogP contribution in [0, 0.1) is 13.8 Å². The van der Waals surface area contributed by atoms with Gasteiger partial charge in [-0.15, -0.1) is 22.7 Å². The van der Waals surface area contributed by atoms with Gasteiger partial charge >= 0.3 is 11.9 Å². The van der Waals surface area contributed by atoms with Crippen molar-refractivity contribution >= 4 is 56.4 Å². The van der Waals surface area contributed by atoms with Crippen molar-refractivity contribution in [3.63, 3.8) is 0 Å². The number of carbonyl (C=O) groups is 4.